The van der Waals surface area contributed by atoms with Gasteiger partial charge in [0, 0.05) is 29.2 Å². The summed E-state index contributed by atoms with van der Waals surface area (Å²) in [5.74, 6) is -0.852. The SMILES string of the molecule is C[C@H](C(=O)NC(C)(C)C)N(Cc1ccc(Cl)cc1)C(=O)CN(C)S(=O)(=O)c1ccc(Cl)cc1. The Morgan fingerprint density at radius 1 is 0.970 bits per heavy atom. The molecule has 2 rings (SSSR count). The second-order valence-electron chi connectivity index (χ2n) is 8.78. The van der Waals surface area contributed by atoms with Crippen LogP contribution in [0.4, 0.5) is 0 Å². The molecule has 33 heavy (non-hydrogen) atoms. The van der Waals surface area contributed by atoms with Gasteiger partial charge in [0.15, 0.2) is 0 Å². The summed E-state index contributed by atoms with van der Waals surface area (Å²) in [5.41, 5.74) is 0.265. The van der Waals surface area contributed by atoms with Crippen molar-refractivity contribution in [3.8, 4) is 0 Å². The van der Waals surface area contributed by atoms with Crippen molar-refractivity contribution in [2.45, 2.75) is 50.7 Å². The molecule has 10 heteroatoms. The average molecular weight is 514 g/mol. The molecule has 0 aliphatic rings. The lowest BCUT2D eigenvalue weighted by molar-refractivity contribution is -0.141. The van der Waals surface area contributed by atoms with E-state index in [9.17, 15) is 18.0 Å². The van der Waals surface area contributed by atoms with Gasteiger partial charge in [0.25, 0.3) is 0 Å². The van der Waals surface area contributed by atoms with E-state index in [0.29, 0.717) is 10.0 Å². The molecule has 2 aromatic carbocycles. The Labute approximate surface area is 205 Å². The van der Waals surface area contributed by atoms with Crippen LogP contribution in [0.2, 0.25) is 10.0 Å². The number of amides is 2. The van der Waals surface area contributed by atoms with Crippen LogP contribution in [0.3, 0.4) is 0 Å². The fourth-order valence-corrected chi connectivity index (χ4v) is 4.37. The van der Waals surface area contributed by atoms with Crippen LogP contribution in [0.5, 0.6) is 0 Å². The van der Waals surface area contributed by atoms with Gasteiger partial charge in [-0.1, -0.05) is 35.3 Å². The third-order valence-electron chi connectivity index (χ3n) is 4.81. The Bertz CT molecular complexity index is 1080. The van der Waals surface area contributed by atoms with E-state index in [1.807, 2.05) is 20.8 Å². The molecule has 0 bridgehead atoms. The van der Waals surface area contributed by atoms with Gasteiger partial charge in [0.05, 0.1) is 11.4 Å². The van der Waals surface area contributed by atoms with Gasteiger partial charge in [0.1, 0.15) is 6.04 Å². The number of benzene rings is 2. The highest BCUT2D eigenvalue weighted by molar-refractivity contribution is 7.89. The standard InChI is InChI=1S/C23H29Cl2N3O4S/c1-16(22(30)26-23(2,3)4)28(14-17-6-8-18(24)9-7-17)21(29)15-27(5)33(31,32)20-12-10-19(25)11-13-20/h6-13,16H,14-15H2,1-5H3,(H,26,30)/t16-/m1/s1. The lowest BCUT2D eigenvalue weighted by Crippen LogP contribution is -2.54. The van der Waals surface area contributed by atoms with Crippen molar-refractivity contribution in [2.75, 3.05) is 13.6 Å². The van der Waals surface area contributed by atoms with E-state index in [1.54, 1.807) is 31.2 Å². The molecule has 0 aromatic heterocycles. The van der Waals surface area contributed by atoms with Crippen LogP contribution in [-0.4, -0.2) is 54.6 Å². The van der Waals surface area contributed by atoms with E-state index < -0.39 is 34.1 Å². The minimum Gasteiger partial charge on any atom is -0.350 e. The number of nitrogens with one attached hydrogen (secondary N) is 1. The molecule has 0 spiro atoms. The van der Waals surface area contributed by atoms with E-state index in [-0.39, 0.29) is 17.3 Å². The molecule has 2 amide bonds. The predicted octanol–water partition coefficient (Wildman–Crippen LogP) is 3.95. The fraction of sp³-hybridized carbons (Fsp3) is 0.391. The number of carbonyl (C=O) groups is 2. The minimum absolute atomic E-state index is 0.0185. The highest BCUT2D eigenvalue weighted by Gasteiger charge is 2.31. The van der Waals surface area contributed by atoms with Gasteiger partial charge in [-0.25, -0.2) is 8.42 Å². The summed E-state index contributed by atoms with van der Waals surface area (Å²) in [6, 6.07) is 11.8. The van der Waals surface area contributed by atoms with E-state index >= 15 is 0 Å². The fourth-order valence-electron chi connectivity index (χ4n) is 3.00. The van der Waals surface area contributed by atoms with Crippen molar-refractivity contribution >= 4 is 45.0 Å². The average Bonchev–Trinajstić information content (AvgIpc) is 2.71. The summed E-state index contributed by atoms with van der Waals surface area (Å²) in [4.78, 5) is 27.5. The summed E-state index contributed by atoms with van der Waals surface area (Å²) in [6.07, 6.45) is 0. The molecule has 0 unspecified atom stereocenters. The summed E-state index contributed by atoms with van der Waals surface area (Å²) < 4.78 is 26.8. The molecule has 0 saturated carbocycles. The molecule has 0 aliphatic heterocycles. The Morgan fingerprint density at radius 3 is 1.94 bits per heavy atom. The molecule has 1 N–H and O–H groups in total. The van der Waals surface area contributed by atoms with E-state index in [0.717, 1.165) is 9.87 Å². The van der Waals surface area contributed by atoms with Crippen LogP contribution in [-0.2, 0) is 26.2 Å². The summed E-state index contributed by atoms with van der Waals surface area (Å²) >= 11 is 11.8. The molecular weight excluding hydrogens is 485 g/mol. The smallest absolute Gasteiger partial charge is 0.243 e. The normalized spacial score (nSPS) is 13.0. The number of sulfonamides is 1. The molecule has 1 atom stereocenters. The van der Waals surface area contributed by atoms with E-state index in [2.05, 4.69) is 5.32 Å². The van der Waals surface area contributed by atoms with Crippen LogP contribution in [0.1, 0.15) is 33.3 Å². The van der Waals surface area contributed by atoms with Crippen LogP contribution in [0.15, 0.2) is 53.4 Å². The Kier molecular flexibility index (Phi) is 8.93. The molecule has 0 aliphatic carbocycles. The summed E-state index contributed by atoms with van der Waals surface area (Å²) in [5, 5.41) is 3.81. The van der Waals surface area contributed by atoms with Crippen molar-refractivity contribution < 1.29 is 18.0 Å². The van der Waals surface area contributed by atoms with Gasteiger partial charge >= 0.3 is 0 Å². The maximum atomic E-state index is 13.3. The number of likely N-dealkylation sites (N-methyl/N-ethyl adjacent to an activating group) is 1. The number of hydrogen-bond donors (Lipinski definition) is 1. The number of rotatable bonds is 8. The molecule has 0 heterocycles. The molecule has 0 fully saturated rings. The van der Waals surface area contributed by atoms with Gasteiger partial charge in [-0.2, -0.15) is 4.31 Å². The number of carbonyl (C=O) groups excluding carboxylic acids is 2. The first-order valence-corrected chi connectivity index (χ1v) is 12.5. The number of halogens is 2. The maximum Gasteiger partial charge on any atom is 0.243 e. The Morgan fingerprint density at radius 2 is 1.45 bits per heavy atom. The second-order valence-corrected chi connectivity index (χ2v) is 11.7. The first kappa shape index (κ1) is 27.1. The van der Waals surface area contributed by atoms with Gasteiger partial charge in [-0.05, 0) is 69.7 Å². The van der Waals surface area contributed by atoms with Crippen molar-refractivity contribution in [1.29, 1.82) is 0 Å². The molecule has 0 saturated heterocycles. The Balaban J connectivity index is 2.28. The Hall–Kier alpha value is -2.13. The molecule has 180 valence electrons. The first-order chi connectivity index (χ1) is 15.2. The lowest BCUT2D eigenvalue weighted by atomic mass is 10.1. The zero-order chi connectivity index (χ0) is 25.0. The third kappa shape index (κ3) is 7.71. The molecule has 2 aromatic rings. The van der Waals surface area contributed by atoms with Crippen molar-refractivity contribution in [1.82, 2.24) is 14.5 Å². The molecular formula is C23H29Cl2N3O4S. The summed E-state index contributed by atoms with van der Waals surface area (Å²) in [6.45, 7) is 6.82. The van der Waals surface area contributed by atoms with Gasteiger partial charge in [-0.3, -0.25) is 9.59 Å². The zero-order valence-corrected chi connectivity index (χ0v) is 21.6. The monoisotopic (exact) mass is 513 g/mol. The van der Waals surface area contributed by atoms with E-state index in [4.69, 9.17) is 23.2 Å². The largest absolute Gasteiger partial charge is 0.350 e. The zero-order valence-electron chi connectivity index (χ0n) is 19.3. The van der Waals surface area contributed by atoms with Crippen molar-refractivity contribution in [3.05, 3.63) is 64.1 Å². The van der Waals surface area contributed by atoms with Crippen molar-refractivity contribution in [2.24, 2.45) is 0 Å². The number of hydrogen-bond acceptors (Lipinski definition) is 4. The summed E-state index contributed by atoms with van der Waals surface area (Å²) in [7, 11) is -2.61. The maximum absolute atomic E-state index is 13.3. The molecule has 7 nitrogen and oxygen atoms in total. The van der Waals surface area contributed by atoms with Crippen LogP contribution < -0.4 is 5.32 Å². The highest BCUT2D eigenvalue weighted by Crippen LogP contribution is 2.19. The first-order valence-electron chi connectivity index (χ1n) is 10.3. The van der Waals surface area contributed by atoms with Gasteiger partial charge in [0.2, 0.25) is 21.8 Å². The minimum atomic E-state index is -3.93. The van der Waals surface area contributed by atoms with Crippen LogP contribution >= 0.6 is 23.2 Å². The van der Waals surface area contributed by atoms with Crippen LogP contribution in [0, 0.1) is 0 Å². The molecule has 0 radical (unpaired) electrons. The van der Waals surface area contributed by atoms with Crippen molar-refractivity contribution in [3.63, 3.8) is 0 Å². The van der Waals surface area contributed by atoms with Crippen LogP contribution in [0.25, 0.3) is 0 Å². The third-order valence-corrected chi connectivity index (χ3v) is 7.13. The van der Waals surface area contributed by atoms with Gasteiger partial charge in [-0.15, -0.1) is 0 Å². The second kappa shape index (κ2) is 10.9. The number of nitrogens with zero attached hydrogens (tertiary/aromatic N) is 2. The quantitative estimate of drug-likeness (QED) is 0.578. The lowest BCUT2D eigenvalue weighted by Gasteiger charge is -2.32. The highest BCUT2D eigenvalue weighted by atomic mass is 35.5. The van der Waals surface area contributed by atoms with Gasteiger partial charge < -0.3 is 10.2 Å². The van der Waals surface area contributed by atoms with E-state index in [1.165, 1.54) is 36.2 Å². The predicted molar refractivity (Wildman–Crippen MR) is 131 cm³/mol. The topological polar surface area (TPSA) is 86.8 Å².